The first-order valence-corrected chi connectivity index (χ1v) is 11.6. The monoisotopic (exact) mass is 479 g/mol. The first-order valence-electron chi connectivity index (χ1n) is 11.6. The van der Waals surface area contributed by atoms with Gasteiger partial charge in [-0.2, -0.15) is 5.10 Å². The Kier molecular flexibility index (Phi) is 7.28. The molecular formula is C25H29N5O5. The van der Waals surface area contributed by atoms with E-state index in [1.165, 1.54) is 4.68 Å². The molecule has 0 bridgehead atoms. The van der Waals surface area contributed by atoms with Crippen molar-refractivity contribution in [1.82, 2.24) is 19.7 Å². The number of aromatic nitrogens is 4. The molecule has 0 unspecified atom stereocenters. The molecule has 0 saturated heterocycles. The first-order chi connectivity index (χ1) is 16.8. The van der Waals surface area contributed by atoms with Crippen molar-refractivity contribution in [1.29, 1.82) is 0 Å². The maximum absolute atomic E-state index is 12.6. The number of amides is 1. The lowest BCUT2D eigenvalue weighted by Gasteiger charge is -2.27. The van der Waals surface area contributed by atoms with E-state index in [4.69, 9.17) is 9.47 Å². The number of carboxylic acids is 1. The highest BCUT2D eigenvalue weighted by atomic mass is 16.6. The minimum absolute atomic E-state index is 0.185. The van der Waals surface area contributed by atoms with E-state index in [-0.39, 0.29) is 12.0 Å². The molecule has 2 N–H and O–H groups in total. The number of anilines is 1. The van der Waals surface area contributed by atoms with E-state index in [1.54, 1.807) is 33.3 Å². The molecule has 2 heterocycles. The summed E-state index contributed by atoms with van der Waals surface area (Å²) >= 11 is 0. The van der Waals surface area contributed by atoms with Crippen LogP contribution in [0.15, 0.2) is 42.7 Å². The molecule has 0 aliphatic heterocycles. The van der Waals surface area contributed by atoms with Crippen LogP contribution in [0.2, 0.25) is 0 Å². The van der Waals surface area contributed by atoms with Crippen LogP contribution in [0.5, 0.6) is 5.75 Å². The lowest BCUT2D eigenvalue weighted by atomic mass is 9.87. The molecule has 1 saturated carbocycles. The van der Waals surface area contributed by atoms with Crippen LogP contribution in [0.25, 0.3) is 11.4 Å². The van der Waals surface area contributed by atoms with Gasteiger partial charge in [0.15, 0.2) is 11.6 Å². The molecule has 1 amide bonds. The van der Waals surface area contributed by atoms with E-state index in [0.717, 1.165) is 18.4 Å². The Balaban J connectivity index is 1.45. The van der Waals surface area contributed by atoms with Gasteiger partial charge in [0.05, 0.1) is 35.7 Å². The Labute approximate surface area is 203 Å². The SMILES string of the molecule is Cc1nc(-c2cnn(C)c2NC(=O)O[C@H](C)c2ccccc2)ncc1O[C@H]1CCC[C@H](C(=O)O)C1. The number of aliphatic carboxylic acids is 1. The molecular weight excluding hydrogens is 450 g/mol. The zero-order chi connectivity index (χ0) is 24.9. The fraction of sp³-hybridized carbons (Fsp3) is 0.400. The Morgan fingerprint density at radius 1 is 1.20 bits per heavy atom. The van der Waals surface area contributed by atoms with E-state index in [0.29, 0.717) is 41.5 Å². The van der Waals surface area contributed by atoms with Crippen LogP contribution in [0, 0.1) is 12.8 Å². The third-order valence-corrected chi connectivity index (χ3v) is 6.16. The van der Waals surface area contributed by atoms with Gasteiger partial charge in [0.1, 0.15) is 11.9 Å². The van der Waals surface area contributed by atoms with Gasteiger partial charge in [0.2, 0.25) is 0 Å². The highest BCUT2D eigenvalue weighted by Crippen LogP contribution is 2.31. The van der Waals surface area contributed by atoms with Gasteiger partial charge in [0, 0.05) is 7.05 Å². The standard InChI is InChI=1S/C25H29N5O5/c1-15-21(35-19-11-7-10-18(12-19)24(31)32)14-26-22(28-15)20-13-27-30(3)23(20)29-25(33)34-16(2)17-8-5-4-6-9-17/h4-6,8-9,13-14,16,18-19H,7,10-12H2,1-3H3,(H,29,33)(H,31,32)/t16-,18+,19+/m1/s1. The molecule has 35 heavy (non-hydrogen) atoms. The number of hydrogen-bond acceptors (Lipinski definition) is 7. The highest BCUT2D eigenvalue weighted by Gasteiger charge is 2.29. The lowest BCUT2D eigenvalue weighted by molar-refractivity contribution is -0.143. The summed E-state index contributed by atoms with van der Waals surface area (Å²) in [5.74, 6) is 0.123. The van der Waals surface area contributed by atoms with E-state index in [1.807, 2.05) is 30.3 Å². The van der Waals surface area contributed by atoms with Crippen LogP contribution in [0.4, 0.5) is 10.6 Å². The maximum atomic E-state index is 12.6. The van der Waals surface area contributed by atoms with Crippen molar-refractivity contribution in [2.75, 3.05) is 5.32 Å². The predicted octanol–water partition coefficient (Wildman–Crippen LogP) is 4.52. The topological polar surface area (TPSA) is 128 Å². The quantitative estimate of drug-likeness (QED) is 0.506. The number of carbonyl (C=O) groups excluding carboxylic acids is 1. The normalized spacial score (nSPS) is 18.5. The summed E-state index contributed by atoms with van der Waals surface area (Å²) in [5.41, 5.74) is 2.03. The number of carboxylic acid groups (broad SMARTS) is 1. The van der Waals surface area contributed by atoms with E-state index < -0.39 is 18.2 Å². The Bertz CT molecular complexity index is 1200. The van der Waals surface area contributed by atoms with E-state index in [9.17, 15) is 14.7 Å². The minimum atomic E-state index is -0.782. The number of carbonyl (C=O) groups is 2. The average Bonchev–Trinajstić information content (AvgIpc) is 3.20. The third kappa shape index (κ3) is 5.76. The van der Waals surface area contributed by atoms with Crippen molar-refractivity contribution in [3.63, 3.8) is 0 Å². The summed E-state index contributed by atoms with van der Waals surface area (Å²) in [5, 5.41) is 16.3. The summed E-state index contributed by atoms with van der Waals surface area (Å²) < 4.78 is 13.1. The van der Waals surface area contributed by atoms with Gasteiger partial charge in [-0.1, -0.05) is 30.3 Å². The van der Waals surface area contributed by atoms with Crippen LogP contribution >= 0.6 is 0 Å². The Morgan fingerprint density at radius 3 is 2.69 bits per heavy atom. The maximum Gasteiger partial charge on any atom is 0.413 e. The largest absolute Gasteiger partial charge is 0.487 e. The molecule has 1 fully saturated rings. The van der Waals surface area contributed by atoms with Crippen molar-refractivity contribution in [3.8, 4) is 17.1 Å². The smallest absolute Gasteiger partial charge is 0.413 e. The number of nitrogens with one attached hydrogen (secondary N) is 1. The lowest BCUT2D eigenvalue weighted by Crippen LogP contribution is -2.29. The number of aryl methyl sites for hydroxylation is 2. The summed E-state index contributed by atoms with van der Waals surface area (Å²) in [6.07, 6.45) is 4.67. The van der Waals surface area contributed by atoms with Gasteiger partial charge >= 0.3 is 12.1 Å². The molecule has 3 aromatic rings. The molecule has 184 valence electrons. The molecule has 10 nitrogen and oxygen atoms in total. The molecule has 0 radical (unpaired) electrons. The minimum Gasteiger partial charge on any atom is -0.487 e. The summed E-state index contributed by atoms with van der Waals surface area (Å²) in [4.78, 5) is 32.9. The highest BCUT2D eigenvalue weighted by molar-refractivity contribution is 5.88. The van der Waals surface area contributed by atoms with Crippen LogP contribution < -0.4 is 10.1 Å². The molecule has 1 aromatic carbocycles. The number of ether oxygens (including phenoxy) is 2. The fourth-order valence-electron chi connectivity index (χ4n) is 4.19. The Morgan fingerprint density at radius 2 is 1.97 bits per heavy atom. The molecule has 1 aliphatic carbocycles. The molecule has 3 atom stereocenters. The molecule has 0 spiro atoms. The second kappa shape index (κ2) is 10.5. The number of rotatable bonds is 7. The molecule has 1 aliphatic rings. The fourth-order valence-corrected chi connectivity index (χ4v) is 4.19. The zero-order valence-corrected chi connectivity index (χ0v) is 20.0. The van der Waals surface area contributed by atoms with Crippen molar-refractivity contribution in [2.45, 2.75) is 51.7 Å². The number of benzene rings is 1. The molecule has 2 aromatic heterocycles. The van der Waals surface area contributed by atoms with Gasteiger partial charge in [-0.25, -0.2) is 14.8 Å². The first kappa shape index (κ1) is 24.2. The summed E-state index contributed by atoms with van der Waals surface area (Å²) in [7, 11) is 1.70. The van der Waals surface area contributed by atoms with Gasteiger partial charge in [0.25, 0.3) is 0 Å². The van der Waals surface area contributed by atoms with Gasteiger partial charge in [-0.05, 0) is 45.1 Å². The van der Waals surface area contributed by atoms with Crippen LogP contribution in [0.3, 0.4) is 0 Å². The Hall–Kier alpha value is -3.95. The molecule has 10 heteroatoms. The number of nitrogens with zero attached hydrogens (tertiary/aromatic N) is 4. The van der Waals surface area contributed by atoms with Crippen LogP contribution in [-0.4, -0.2) is 43.0 Å². The second-order valence-corrected chi connectivity index (χ2v) is 8.70. The second-order valence-electron chi connectivity index (χ2n) is 8.70. The summed E-state index contributed by atoms with van der Waals surface area (Å²) in [6.45, 7) is 3.60. The van der Waals surface area contributed by atoms with Gasteiger partial charge < -0.3 is 14.6 Å². The average molecular weight is 480 g/mol. The van der Waals surface area contributed by atoms with Crippen molar-refractivity contribution >= 4 is 17.9 Å². The zero-order valence-electron chi connectivity index (χ0n) is 20.0. The van der Waals surface area contributed by atoms with Crippen LogP contribution in [-0.2, 0) is 16.6 Å². The third-order valence-electron chi connectivity index (χ3n) is 6.16. The van der Waals surface area contributed by atoms with E-state index >= 15 is 0 Å². The van der Waals surface area contributed by atoms with Crippen molar-refractivity contribution < 1.29 is 24.2 Å². The molecule has 4 rings (SSSR count). The van der Waals surface area contributed by atoms with Crippen LogP contribution in [0.1, 0.15) is 50.0 Å². The van der Waals surface area contributed by atoms with E-state index in [2.05, 4.69) is 20.4 Å². The van der Waals surface area contributed by atoms with Gasteiger partial charge in [-0.15, -0.1) is 0 Å². The number of hydrogen-bond donors (Lipinski definition) is 2. The predicted molar refractivity (Wildman–Crippen MR) is 128 cm³/mol. The van der Waals surface area contributed by atoms with Crippen molar-refractivity contribution in [2.24, 2.45) is 13.0 Å². The summed E-state index contributed by atoms with van der Waals surface area (Å²) in [6, 6.07) is 9.46. The van der Waals surface area contributed by atoms with Gasteiger partial charge in [-0.3, -0.25) is 14.8 Å². The van der Waals surface area contributed by atoms with Crippen molar-refractivity contribution in [3.05, 3.63) is 54.0 Å².